The molecular weight excluding hydrogens is 433 g/mol. The van der Waals surface area contributed by atoms with Crippen LogP contribution in [0.3, 0.4) is 0 Å². The molecule has 3 aromatic carbocycles. The molecule has 0 radical (unpaired) electrons. The number of benzene rings is 3. The van der Waals surface area contributed by atoms with E-state index in [1.54, 1.807) is 48.5 Å². The Hall–Kier alpha value is -3.84. The smallest absolute Gasteiger partial charge is 0.257 e. The highest BCUT2D eigenvalue weighted by molar-refractivity contribution is 6.32. The largest absolute Gasteiger partial charge is 0.507 e. The number of carbonyl (C=O) groups is 1. The number of halogens is 2. The van der Waals surface area contributed by atoms with Gasteiger partial charge in [-0.2, -0.15) is 5.10 Å². The fraction of sp³-hybridized carbons (Fsp3) is 0.0833. The van der Waals surface area contributed by atoms with Crippen LogP contribution < -0.4 is 0 Å². The normalized spacial score (nSPS) is 10.8. The van der Waals surface area contributed by atoms with Crippen molar-refractivity contribution in [2.45, 2.75) is 6.54 Å². The number of rotatable bonds is 5. The van der Waals surface area contributed by atoms with Gasteiger partial charge in [0, 0.05) is 30.8 Å². The quantitative estimate of drug-likeness (QED) is 0.447. The summed E-state index contributed by atoms with van der Waals surface area (Å²) < 4.78 is 15.5. The number of para-hydroxylation sites is 1. The summed E-state index contributed by atoms with van der Waals surface area (Å²) in [5.74, 6) is -1.58. The number of phenolic OH excluding ortho intramolecular Hbond substituents is 2. The number of hydrogen-bond donors (Lipinski definition) is 2. The first kappa shape index (κ1) is 21.4. The first-order chi connectivity index (χ1) is 15.4. The lowest BCUT2D eigenvalue weighted by molar-refractivity contribution is 0.0781. The average Bonchev–Trinajstić information content (AvgIpc) is 3.24. The van der Waals surface area contributed by atoms with Crippen LogP contribution in [0, 0.1) is 5.82 Å². The predicted octanol–water partition coefficient (Wildman–Crippen LogP) is 5.02. The number of aromatic nitrogens is 2. The number of nitrogens with zero attached hydrogens (tertiary/aromatic N) is 3. The van der Waals surface area contributed by atoms with E-state index in [4.69, 9.17) is 11.6 Å². The highest BCUT2D eigenvalue weighted by atomic mass is 35.5. The molecule has 0 bridgehead atoms. The van der Waals surface area contributed by atoms with E-state index in [1.165, 1.54) is 35.0 Å². The summed E-state index contributed by atoms with van der Waals surface area (Å²) in [6.07, 6.45) is 1.54. The van der Waals surface area contributed by atoms with Gasteiger partial charge in [-0.25, -0.2) is 9.07 Å². The molecule has 4 aromatic rings. The van der Waals surface area contributed by atoms with Crippen LogP contribution >= 0.6 is 11.6 Å². The maximum atomic E-state index is 14.0. The molecule has 2 N–H and O–H groups in total. The molecule has 0 aliphatic heterocycles. The van der Waals surface area contributed by atoms with Crippen LogP contribution in [-0.4, -0.2) is 37.8 Å². The second kappa shape index (κ2) is 8.72. The molecule has 0 unspecified atom stereocenters. The molecule has 1 heterocycles. The Bertz CT molecular complexity index is 1310. The molecule has 0 atom stereocenters. The molecule has 1 aromatic heterocycles. The third-order valence-electron chi connectivity index (χ3n) is 5.06. The van der Waals surface area contributed by atoms with Crippen LogP contribution in [0.1, 0.15) is 15.9 Å². The SMILES string of the molecule is CN(Cc1ccccc1F)C(=O)c1cc(-c2ccnn2-c2ccccc2Cl)c(O)cc1O. The molecule has 0 saturated carbocycles. The molecule has 32 heavy (non-hydrogen) atoms. The summed E-state index contributed by atoms with van der Waals surface area (Å²) in [7, 11) is 1.51. The fourth-order valence-electron chi connectivity index (χ4n) is 3.44. The lowest BCUT2D eigenvalue weighted by Crippen LogP contribution is -2.26. The van der Waals surface area contributed by atoms with Crippen molar-refractivity contribution in [3.05, 3.63) is 94.9 Å². The zero-order valence-electron chi connectivity index (χ0n) is 17.0. The van der Waals surface area contributed by atoms with E-state index < -0.39 is 11.7 Å². The van der Waals surface area contributed by atoms with Gasteiger partial charge in [-0.15, -0.1) is 0 Å². The summed E-state index contributed by atoms with van der Waals surface area (Å²) >= 11 is 6.30. The topological polar surface area (TPSA) is 78.6 Å². The molecule has 162 valence electrons. The molecule has 0 spiro atoms. The van der Waals surface area contributed by atoms with E-state index in [0.717, 1.165) is 6.07 Å². The molecule has 0 saturated heterocycles. The van der Waals surface area contributed by atoms with Crippen molar-refractivity contribution < 1.29 is 19.4 Å². The van der Waals surface area contributed by atoms with Crippen LogP contribution in [0.25, 0.3) is 16.9 Å². The number of hydrogen-bond acceptors (Lipinski definition) is 4. The van der Waals surface area contributed by atoms with Crippen molar-refractivity contribution in [2.75, 3.05) is 7.05 Å². The van der Waals surface area contributed by atoms with Gasteiger partial charge in [0.25, 0.3) is 5.91 Å². The average molecular weight is 452 g/mol. The first-order valence-corrected chi connectivity index (χ1v) is 10.1. The second-order valence-electron chi connectivity index (χ2n) is 7.22. The van der Waals surface area contributed by atoms with Crippen LogP contribution in [0.5, 0.6) is 11.5 Å². The van der Waals surface area contributed by atoms with Gasteiger partial charge in [0.05, 0.1) is 28.2 Å². The van der Waals surface area contributed by atoms with E-state index >= 15 is 0 Å². The molecular formula is C24H19ClFN3O3. The fourth-order valence-corrected chi connectivity index (χ4v) is 3.65. The second-order valence-corrected chi connectivity index (χ2v) is 7.63. The maximum Gasteiger partial charge on any atom is 0.257 e. The molecule has 6 nitrogen and oxygen atoms in total. The zero-order valence-corrected chi connectivity index (χ0v) is 17.8. The molecule has 8 heteroatoms. The molecule has 0 fully saturated rings. The van der Waals surface area contributed by atoms with Gasteiger partial charge < -0.3 is 15.1 Å². The third-order valence-corrected chi connectivity index (χ3v) is 5.38. The lowest BCUT2D eigenvalue weighted by atomic mass is 10.0. The Morgan fingerprint density at radius 1 is 1.06 bits per heavy atom. The van der Waals surface area contributed by atoms with Gasteiger partial charge in [0.15, 0.2) is 0 Å². The van der Waals surface area contributed by atoms with Crippen LogP contribution in [0.15, 0.2) is 72.9 Å². The lowest BCUT2D eigenvalue weighted by Gasteiger charge is -2.19. The third kappa shape index (κ3) is 4.02. The summed E-state index contributed by atoms with van der Waals surface area (Å²) in [4.78, 5) is 14.3. The van der Waals surface area contributed by atoms with Crippen molar-refractivity contribution in [3.8, 4) is 28.4 Å². The van der Waals surface area contributed by atoms with Crippen molar-refractivity contribution in [2.24, 2.45) is 0 Å². The summed E-state index contributed by atoms with van der Waals surface area (Å²) in [5, 5.41) is 25.6. The van der Waals surface area contributed by atoms with Gasteiger partial charge >= 0.3 is 0 Å². The molecule has 0 aliphatic rings. The zero-order chi connectivity index (χ0) is 22.8. The molecule has 1 amide bonds. The van der Waals surface area contributed by atoms with Gasteiger partial charge in [-0.1, -0.05) is 41.9 Å². The van der Waals surface area contributed by atoms with Crippen LogP contribution in [0.2, 0.25) is 5.02 Å². The van der Waals surface area contributed by atoms with Gasteiger partial charge in [-0.05, 0) is 30.3 Å². The number of carbonyl (C=O) groups excluding carboxylic acids is 1. The van der Waals surface area contributed by atoms with Crippen LogP contribution in [0.4, 0.5) is 4.39 Å². The molecule has 4 rings (SSSR count). The predicted molar refractivity (Wildman–Crippen MR) is 120 cm³/mol. The minimum absolute atomic E-state index is 0.0126. The molecule has 0 aliphatic carbocycles. The van der Waals surface area contributed by atoms with E-state index in [2.05, 4.69) is 5.10 Å². The monoisotopic (exact) mass is 451 g/mol. The number of phenols is 2. The summed E-state index contributed by atoms with van der Waals surface area (Å²) in [6, 6.07) is 17.4. The minimum atomic E-state index is -0.532. The Balaban J connectivity index is 1.72. The summed E-state index contributed by atoms with van der Waals surface area (Å²) in [5.41, 5.74) is 1.65. The first-order valence-electron chi connectivity index (χ1n) is 9.71. The Kier molecular flexibility index (Phi) is 5.83. The van der Waals surface area contributed by atoms with Crippen LogP contribution in [-0.2, 0) is 6.54 Å². The maximum absolute atomic E-state index is 14.0. The van der Waals surface area contributed by atoms with Crippen molar-refractivity contribution >= 4 is 17.5 Å². The highest BCUT2D eigenvalue weighted by Crippen LogP contribution is 2.37. The van der Waals surface area contributed by atoms with E-state index in [0.29, 0.717) is 22.0 Å². The van der Waals surface area contributed by atoms with Crippen molar-refractivity contribution in [1.29, 1.82) is 0 Å². The Morgan fingerprint density at radius 2 is 1.78 bits per heavy atom. The highest BCUT2D eigenvalue weighted by Gasteiger charge is 2.22. The van der Waals surface area contributed by atoms with Crippen molar-refractivity contribution in [3.63, 3.8) is 0 Å². The van der Waals surface area contributed by atoms with E-state index in [1.807, 2.05) is 0 Å². The minimum Gasteiger partial charge on any atom is -0.507 e. The Morgan fingerprint density at radius 3 is 2.53 bits per heavy atom. The summed E-state index contributed by atoms with van der Waals surface area (Å²) in [6.45, 7) is 0.0126. The van der Waals surface area contributed by atoms with Gasteiger partial charge in [0.1, 0.15) is 17.3 Å². The Labute approximate surface area is 188 Å². The number of amides is 1. The van der Waals surface area contributed by atoms with E-state index in [-0.39, 0.29) is 29.2 Å². The van der Waals surface area contributed by atoms with Crippen molar-refractivity contribution in [1.82, 2.24) is 14.7 Å². The van der Waals surface area contributed by atoms with Gasteiger partial charge in [-0.3, -0.25) is 4.79 Å². The standard InChI is InChI=1S/C24H19ClFN3O3/c1-28(14-15-6-2-4-8-19(15)26)24(32)17-12-16(22(30)13-23(17)31)20-10-11-27-29(20)21-9-5-3-7-18(21)25/h2-13,30-31H,14H2,1H3. The van der Waals surface area contributed by atoms with E-state index in [9.17, 15) is 19.4 Å². The van der Waals surface area contributed by atoms with Gasteiger partial charge in [0.2, 0.25) is 0 Å². The number of aromatic hydroxyl groups is 2.